The zero-order chi connectivity index (χ0) is 21.1. The summed E-state index contributed by atoms with van der Waals surface area (Å²) >= 11 is 1.61. The first-order valence-electron chi connectivity index (χ1n) is 9.36. The summed E-state index contributed by atoms with van der Waals surface area (Å²) in [7, 11) is -2.94. The molecule has 8 heteroatoms. The van der Waals surface area contributed by atoms with Gasteiger partial charge < -0.3 is 14.8 Å². The Morgan fingerprint density at radius 1 is 1.17 bits per heavy atom. The molecule has 0 fully saturated rings. The van der Waals surface area contributed by atoms with Crippen molar-refractivity contribution in [1.29, 1.82) is 0 Å². The van der Waals surface area contributed by atoms with E-state index >= 15 is 0 Å². The quantitative estimate of drug-likeness (QED) is 0.514. The van der Waals surface area contributed by atoms with Crippen LogP contribution in [0.25, 0.3) is 0 Å². The zero-order valence-electron chi connectivity index (χ0n) is 16.8. The minimum Gasteiger partial charge on any atom is -0.490 e. The molecule has 1 unspecified atom stereocenters. The van der Waals surface area contributed by atoms with Gasteiger partial charge in [0.05, 0.1) is 17.5 Å². The van der Waals surface area contributed by atoms with Gasteiger partial charge in [0.15, 0.2) is 0 Å². The molecule has 6 nitrogen and oxygen atoms in total. The summed E-state index contributed by atoms with van der Waals surface area (Å²) in [4.78, 5) is 13.3. The Kier molecular flexibility index (Phi) is 6.68. The molecule has 0 aromatic heterocycles. The maximum Gasteiger partial charge on any atom is 0.407 e. The standard InChI is InChI=1S/C21H27NO5S2/c1-21(2,3)27-20(23)22-12-13-26-17-11-7-10-16-18(14-29(24,25)19(16)17)28-15-8-5-4-6-9-15/h4-11,18,24-25H,12-14H2,1-3H3,(H,22,23). The van der Waals surface area contributed by atoms with Crippen molar-refractivity contribution in [2.75, 3.05) is 18.9 Å². The minimum atomic E-state index is -2.94. The Morgan fingerprint density at radius 2 is 1.90 bits per heavy atom. The van der Waals surface area contributed by atoms with E-state index < -0.39 is 22.3 Å². The number of rotatable bonds is 6. The third kappa shape index (κ3) is 5.82. The van der Waals surface area contributed by atoms with Crippen LogP contribution in [0.1, 0.15) is 31.6 Å². The Bertz CT molecular complexity index is 852. The van der Waals surface area contributed by atoms with Gasteiger partial charge in [0.1, 0.15) is 22.9 Å². The molecule has 0 aliphatic carbocycles. The summed E-state index contributed by atoms with van der Waals surface area (Å²) in [5.41, 5.74) is 0.323. The molecule has 2 aromatic rings. The van der Waals surface area contributed by atoms with Gasteiger partial charge in [-0.2, -0.15) is 10.6 Å². The van der Waals surface area contributed by atoms with Crippen LogP contribution in [0.3, 0.4) is 0 Å². The maximum absolute atomic E-state index is 11.7. The van der Waals surface area contributed by atoms with Gasteiger partial charge in [0.2, 0.25) is 0 Å². The Hall–Kier alpha value is -1.87. The second-order valence-corrected chi connectivity index (χ2v) is 11.1. The molecule has 1 aliphatic heterocycles. The van der Waals surface area contributed by atoms with E-state index in [0.29, 0.717) is 10.6 Å². The normalized spacial score (nSPS) is 18.6. The monoisotopic (exact) mass is 437 g/mol. The summed E-state index contributed by atoms with van der Waals surface area (Å²) in [6.07, 6.45) is -0.511. The number of thioether (sulfide) groups is 1. The van der Waals surface area contributed by atoms with E-state index in [0.717, 1.165) is 10.5 Å². The number of carbonyl (C=O) groups excluding carboxylic acids is 1. The van der Waals surface area contributed by atoms with Crippen LogP contribution in [-0.2, 0) is 4.74 Å². The molecule has 3 rings (SSSR count). The lowest BCUT2D eigenvalue weighted by Gasteiger charge is -2.29. The van der Waals surface area contributed by atoms with Crippen molar-refractivity contribution in [3.63, 3.8) is 0 Å². The molecule has 1 heterocycles. The number of alkyl carbamates (subject to hydrolysis) is 1. The number of amides is 1. The number of carbonyl (C=O) groups is 1. The van der Waals surface area contributed by atoms with Crippen molar-refractivity contribution in [3.8, 4) is 5.75 Å². The van der Waals surface area contributed by atoms with Crippen LogP contribution < -0.4 is 10.1 Å². The fourth-order valence-corrected chi connectivity index (χ4v) is 6.71. The van der Waals surface area contributed by atoms with Crippen molar-refractivity contribution in [2.24, 2.45) is 0 Å². The Balaban J connectivity index is 1.65. The SMILES string of the molecule is CC(C)(C)OC(=O)NCCOc1cccc2c1S(O)(O)CC2Sc1ccccc1. The maximum atomic E-state index is 11.7. The first kappa shape index (κ1) is 21.8. The first-order chi connectivity index (χ1) is 13.7. The summed E-state index contributed by atoms with van der Waals surface area (Å²) in [6, 6.07) is 15.4. The van der Waals surface area contributed by atoms with E-state index in [4.69, 9.17) is 9.47 Å². The molecule has 0 bridgehead atoms. The number of hydrogen-bond donors (Lipinski definition) is 3. The topological polar surface area (TPSA) is 88.0 Å². The summed E-state index contributed by atoms with van der Waals surface area (Å²) in [5.74, 6) is 0.711. The lowest BCUT2D eigenvalue weighted by molar-refractivity contribution is 0.0520. The van der Waals surface area contributed by atoms with Crippen molar-refractivity contribution < 1.29 is 23.4 Å². The van der Waals surface area contributed by atoms with E-state index in [2.05, 4.69) is 5.32 Å². The van der Waals surface area contributed by atoms with Gasteiger partial charge in [-0.15, -0.1) is 11.8 Å². The van der Waals surface area contributed by atoms with Crippen LogP contribution in [0.2, 0.25) is 0 Å². The first-order valence-corrected chi connectivity index (χ1v) is 12.0. The van der Waals surface area contributed by atoms with E-state index in [1.807, 2.05) is 42.5 Å². The molecule has 1 aliphatic rings. The number of nitrogens with one attached hydrogen (secondary N) is 1. The van der Waals surface area contributed by atoms with E-state index in [9.17, 15) is 13.9 Å². The predicted octanol–water partition coefficient (Wildman–Crippen LogP) is 5.55. The third-order valence-corrected chi connectivity index (χ3v) is 7.47. The lowest BCUT2D eigenvalue weighted by Crippen LogP contribution is -2.34. The molecule has 0 spiro atoms. The Morgan fingerprint density at radius 3 is 2.59 bits per heavy atom. The highest BCUT2D eigenvalue weighted by Crippen LogP contribution is 2.65. The highest BCUT2D eigenvalue weighted by Gasteiger charge is 2.38. The molecule has 2 aromatic carbocycles. The van der Waals surface area contributed by atoms with E-state index in [1.165, 1.54) is 0 Å². The number of hydrogen-bond acceptors (Lipinski definition) is 6. The van der Waals surface area contributed by atoms with Crippen LogP contribution in [0.15, 0.2) is 58.3 Å². The molecule has 158 valence electrons. The van der Waals surface area contributed by atoms with E-state index in [1.54, 1.807) is 38.6 Å². The fourth-order valence-electron chi connectivity index (χ4n) is 3.02. The summed E-state index contributed by atoms with van der Waals surface area (Å²) < 4.78 is 32.4. The molecule has 1 amide bonds. The fraction of sp³-hybridized carbons (Fsp3) is 0.381. The molecule has 1 atom stereocenters. The molecule has 3 N–H and O–H groups in total. The second kappa shape index (κ2) is 8.87. The molecule has 0 saturated carbocycles. The van der Waals surface area contributed by atoms with Crippen molar-refractivity contribution in [3.05, 3.63) is 54.1 Å². The van der Waals surface area contributed by atoms with Crippen LogP contribution in [0, 0.1) is 0 Å². The van der Waals surface area contributed by atoms with Gasteiger partial charge in [0, 0.05) is 4.90 Å². The molecule has 0 saturated heterocycles. The second-order valence-electron chi connectivity index (χ2n) is 7.70. The third-order valence-electron chi connectivity index (χ3n) is 4.12. The Labute approximate surface area is 177 Å². The largest absolute Gasteiger partial charge is 0.490 e. The van der Waals surface area contributed by atoms with Crippen molar-refractivity contribution in [2.45, 2.75) is 41.4 Å². The van der Waals surface area contributed by atoms with Crippen LogP contribution >= 0.6 is 22.4 Å². The molecule has 29 heavy (non-hydrogen) atoms. The average Bonchev–Trinajstić information content (AvgIpc) is 2.89. The van der Waals surface area contributed by atoms with E-state index in [-0.39, 0.29) is 24.2 Å². The van der Waals surface area contributed by atoms with Crippen LogP contribution in [0.5, 0.6) is 5.75 Å². The number of fused-ring (bicyclic) bond motifs is 1. The zero-order valence-corrected chi connectivity index (χ0v) is 18.4. The molecule has 0 radical (unpaired) electrons. The van der Waals surface area contributed by atoms with Crippen LogP contribution in [-0.4, -0.2) is 39.7 Å². The molecular formula is C21H27NO5S2. The summed E-state index contributed by atoms with van der Waals surface area (Å²) in [6.45, 7) is 5.84. The van der Waals surface area contributed by atoms with Crippen LogP contribution in [0.4, 0.5) is 4.79 Å². The van der Waals surface area contributed by atoms with Gasteiger partial charge in [-0.25, -0.2) is 4.79 Å². The smallest absolute Gasteiger partial charge is 0.407 e. The van der Waals surface area contributed by atoms with Gasteiger partial charge >= 0.3 is 6.09 Å². The van der Waals surface area contributed by atoms with Gasteiger partial charge in [-0.1, -0.05) is 30.3 Å². The lowest BCUT2D eigenvalue weighted by atomic mass is 10.1. The molecular weight excluding hydrogens is 410 g/mol. The highest BCUT2D eigenvalue weighted by atomic mass is 32.3. The summed E-state index contributed by atoms with van der Waals surface area (Å²) in [5, 5.41) is 2.58. The van der Waals surface area contributed by atoms with Crippen molar-refractivity contribution >= 4 is 28.4 Å². The average molecular weight is 438 g/mol. The minimum absolute atomic E-state index is 0.0548. The highest BCUT2D eigenvalue weighted by molar-refractivity contribution is 8.25. The number of benzene rings is 2. The number of ether oxygens (including phenoxy) is 2. The van der Waals surface area contributed by atoms with Gasteiger partial charge in [0.25, 0.3) is 0 Å². The van der Waals surface area contributed by atoms with Gasteiger partial charge in [-0.05, 0) is 44.5 Å². The predicted molar refractivity (Wildman–Crippen MR) is 117 cm³/mol. The van der Waals surface area contributed by atoms with Crippen molar-refractivity contribution in [1.82, 2.24) is 5.32 Å². The van der Waals surface area contributed by atoms with Gasteiger partial charge in [-0.3, -0.25) is 9.11 Å².